The summed E-state index contributed by atoms with van der Waals surface area (Å²) in [6.07, 6.45) is 3.47. The largest absolute Gasteiger partial charge is 0.416 e. The average molecular weight is 351 g/mol. The van der Waals surface area contributed by atoms with Gasteiger partial charge in [0.1, 0.15) is 5.82 Å². The lowest BCUT2D eigenvalue weighted by Gasteiger charge is -2.26. The van der Waals surface area contributed by atoms with Crippen molar-refractivity contribution in [3.8, 4) is 0 Å². The molecule has 1 atom stereocenters. The Morgan fingerprint density at radius 3 is 2.68 bits per heavy atom. The van der Waals surface area contributed by atoms with Gasteiger partial charge in [-0.3, -0.25) is 0 Å². The van der Waals surface area contributed by atoms with Crippen molar-refractivity contribution >= 4 is 11.0 Å². The first-order chi connectivity index (χ1) is 12.0. The molecular weight excluding hydrogens is 327 g/mol. The normalized spacial score (nSPS) is 23.6. The number of aromatic nitrogens is 2. The van der Waals surface area contributed by atoms with E-state index in [0.717, 1.165) is 43.9 Å². The summed E-state index contributed by atoms with van der Waals surface area (Å²) in [4.78, 5) is 10.2. The SMILES string of the molecule is FC(F)(F)c1ccc2nc(C3CCN(CC4CCCCC4)C3)[nH]c2c1. The molecule has 1 N–H and O–H groups in total. The van der Waals surface area contributed by atoms with E-state index in [9.17, 15) is 13.2 Å². The molecule has 1 unspecified atom stereocenters. The monoisotopic (exact) mass is 351 g/mol. The Balaban J connectivity index is 1.45. The number of aromatic amines is 1. The van der Waals surface area contributed by atoms with Gasteiger partial charge in [-0.1, -0.05) is 19.3 Å². The van der Waals surface area contributed by atoms with Crippen molar-refractivity contribution in [2.45, 2.75) is 50.6 Å². The molecule has 6 heteroatoms. The van der Waals surface area contributed by atoms with Gasteiger partial charge in [0.25, 0.3) is 0 Å². The Bertz CT molecular complexity index is 731. The van der Waals surface area contributed by atoms with Crippen LogP contribution in [0.2, 0.25) is 0 Å². The van der Waals surface area contributed by atoms with Crippen LogP contribution < -0.4 is 0 Å². The number of hydrogen-bond donors (Lipinski definition) is 1. The van der Waals surface area contributed by atoms with E-state index < -0.39 is 11.7 Å². The Kier molecular flexibility index (Phi) is 4.48. The van der Waals surface area contributed by atoms with Gasteiger partial charge in [0.15, 0.2) is 0 Å². The highest BCUT2D eigenvalue weighted by molar-refractivity contribution is 5.76. The van der Waals surface area contributed by atoms with Crippen LogP contribution in [-0.2, 0) is 6.18 Å². The van der Waals surface area contributed by atoms with E-state index in [-0.39, 0.29) is 0 Å². The van der Waals surface area contributed by atoms with Crippen molar-refractivity contribution in [1.29, 1.82) is 0 Å². The molecular formula is C19H24F3N3. The number of H-pyrrole nitrogens is 1. The first-order valence-electron chi connectivity index (χ1n) is 9.28. The number of benzene rings is 1. The minimum absolute atomic E-state index is 0.297. The standard InChI is InChI=1S/C19H24F3N3/c20-19(21,22)15-6-7-16-17(10-15)24-18(23-16)14-8-9-25(12-14)11-13-4-2-1-3-5-13/h6-7,10,13-14H,1-5,8-9,11-12H2,(H,23,24). The highest BCUT2D eigenvalue weighted by Crippen LogP contribution is 2.33. The van der Waals surface area contributed by atoms with Crippen molar-refractivity contribution < 1.29 is 13.2 Å². The van der Waals surface area contributed by atoms with Crippen LogP contribution in [0, 0.1) is 5.92 Å². The summed E-state index contributed by atoms with van der Waals surface area (Å²) in [5, 5.41) is 0. The van der Waals surface area contributed by atoms with Crippen molar-refractivity contribution in [2.75, 3.05) is 19.6 Å². The third-order valence-corrected chi connectivity index (χ3v) is 5.73. The van der Waals surface area contributed by atoms with Crippen LogP contribution >= 0.6 is 0 Å². The summed E-state index contributed by atoms with van der Waals surface area (Å²) >= 11 is 0. The minimum atomic E-state index is -4.32. The summed E-state index contributed by atoms with van der Waals surface area (Å²) in [6.45, 7) is 3.18. The van der Waals surface area contributed by atoms with E-state index in [0.29, 0.717) is 17.0 Å². The van der Waals surface area contributed by atoms with Crippen LogP contribution in [0.4, 0.5) is 13.2 Å². The van der Waals surface area contributed by atoms with E-state index in [1.807, 2.05) is 0 Å². The van der Waals surface area contributed by atoms with Crippen molar-refractivity contribution in [1.82, 2.24) is 14.9 Å². The van der Waals surface area contributed by atoms with Gasteiger partial charge in [0.2, 0.25) is 0 Å². The van der Waals surface area contributed by atoms with Crippen molar-refractivity contribution in [2.24, 2.45) is 5.92 Å². The lowest BCUT2D eigenvalue weighted by atomic mass is 9.89. The van der Waals surface area contributed by atoms with E-state index in [4.69, 9.17) is 0 Å². The summed E-state index contributed by atoms with van der Waals surface area (Å²) in [6, 6.07) is 3.74. The van der Waals surface area contributed by atoms with Crippen LogP contribution in [0.25, 0.3) is 11.0 Å². The molecule has 25 heavy (non-hydrogen) atoms. The van der Waals surface area contributed by atoms with Crippen LogP contribution in [0.5, 0.6) is 0 Å². The van der Waals surface area contributed by atoms with Gasteiger partial charge < -0.3 is 9.88 Å². The molecule has 1 saturated carbocycles. The topological polar surface area (TPSA) is 31.9 Å². The molecule has 0 bridgehead atoms. The molecule has 3 nitrogen and oxygen atoms in total. The van der Waals surface area contributed by atoms with Gasteiger partial charge in [-0.15, -0.1) is 0 Å². The van der Waals surface area contributed by atoms with Crippen LogP contribution in [0.3, 0.4) is 0 Å². The predicted molar refractivity (Wildman–Crippen MR) is 91.5 cm³/mol. The maximum absolute atomic E-state index is 12.9. The second kappa shape index (κ2) is 6.63. The number of likely N-dealkylation sites (tertiary alicyclic amines) is 1. The summed E-state index contributed by atoms with van der Waals surface area (Å²) in [5.74, 6) is 1.95. The number of hydrogen-bond acceptors (Lipinski definition) is 2. The van der Waals surface area contributed by atoms with E-state index in [2.05, 4.69) is 14.9 Å². The molecule has 2 heterocycles. The molecule has 1 aliphatic carbocycles. The summed E-state index contributed by atoms with van der Waals surface area (Å²) in [5.41, 5.74) is 0.477. The molecule has 1 aromatic heterocycles. The fourth-order valence-electron chi connectivity index (χ4n) is 4.36. The van der Waals surface area contributed by atoms with Crippen LogP contribution in [-0.4, -0.2) is 34.5 Å². The molecule has 2 aromatic rings. The first kappa shape index (κ1) is 16.9. The van der Waals surface area contributed by atoms with Gasteiger partial charge in [-0.2, -0.15) is 13.2 Å². The maximum atomic E-state index is 12.9. The quantitative estimate of drug-likeness (QED) is 0.848. The lowest BCUT2D eigenvalue weighted by Crippen LogP contribution is -2.28. The number of fused-ring (bicyclic) bond motifs is 1. The zero-order valence-electron chi connectivity index (χ0n) is 14.3. The fraction of sp³-hybridized carbons (Fsp3) is 0.632. The lowest BCUT2D eigenvalue weighted by molar-refractivity contribution is -0.137. The smallest absolute Gasteiger partial charge is 0.342 e. The third-order valence-electron chi connectivity index (χ3n) is 5.73. The predicted octanol–water partition coefficient (Wildman–Crippen LogP) is 4.95. The Labute approximate surface area is 145 Å². The van der Waals surface area contributed by atoms with E-state index in [1.54, 1.807) is 0 Å². The highest BCUT2D eigenvalue weighted by atomic mass is 19.4. The van der Waals surface area contributed by atoms with Gasteiger partial charge in [-0.05, 0) is 49.9 Å². The molecule has 136 valence electrons. The number of nitrogens with zero attached hydrogens (tertiary/aromatic N) is 2. The van der Waals surface area contributed by atoms with Gasteiger partial charge >= 0.3 is 6.18 Å². The summed E-state index contributed by atoms with van der Waals surface area (Å²) < 4.78 is 38.6. The van der Waals surface area contributed by atoms with Gasteiger partial charge in [0, 0.05) is 19.0 Å². The fourth-order valence-corrected chi connectivity index (χ4v) is 4.36. The highest BCUT2D eigenvalue weighted by Gasteiger charge is 2.32. The molecule has 1 aromatic carbocycles. The zero-order valence-corrected chi connectivity index (χ0v) is 14.3. The number of nitrogens with one attached hydrogen (secondary N) is 1. The number of alkyl halides is 3. The van der Waals surface area contributed by atoms with Crippen molar-refractivity contribution in [3.05, 3.63) is 29.6 Å². The minimum Gasteiger partial charge on any atom is -0.342 e. The second-order valence-electron chi connectivity index (χ2n) is 7.60. The Morgan fingerprint density at radius 2 is 1.92 bits per heavy atom. The van der Waals surface area contributed by atoms with Gasteiger partial charge in [-0.25, -0.2) is 4.98 Å². The molecule has 2 fully saturated rings. The maximum Gasteiger partial charge on any atom is 0.416 e. The number of imidazole rings is 1. The molecule has 0 amide bonds. The molecule has 0 radical (unpaired) electrons. The number of rotatable bonds is 3. The average Bonchev–Trinajstić information content (AvgIpc) is 3.20. The van der Waals surface area contributed by atoms with Crippen LogP contribution in [0.1, 0.15) is 55.8 Å². The Morgan fingerprint density at radius 1 is 1.12 bits per heavy atom. The van der Waals surface area contributed by atoms with Crippen molar-refractivity contribution in [3.63, 3.8) is 0 Å². The molecule has 1 aliphatic heterocycles. The van der Waals surface area contributed by atoms with E-state index >= 15 is 0 Å². The molecule has 4 rings (SSSR count). The molecule has 1 saturated heterocycles. The Hall–Kier alpha value is -1.56. The third kappa shape index (κ3) is 3.68. The molecule has 2 aliphatic rings. The zero-order chi connectivity index (χ0) is 17.4. The van der Waals surface area contributed by atoms with Gasteiger partial charge in [0.05, 0.1) is 16.6 Å². The second-order valence-corrected chi connectivity index (χ2v) is 7.60. The number of halogens is 3. The van der Waals surface area contributed by atoms with Crippen LogP contribution in [0.15, 0.2) is 18.2 Å². The summed E-state index contributed by atoms with van der Waals surface area (Å²) in [7, 11) is 0. The molecule has 0 spiro atoms. The first-order valence-corrected chi connectivity index (χ1v) is 9.28. The van der Waals surface area contributed by atoms with E-state index in [1.165, 1.54) is 44.2 Å².